The zero-order valence-electron chi connectivity index (χ0n) is 14.7. The first kappa shape index (κ1) is 16.5. The van der Waals surface area contributed by atoms with Crippen LogP contribution < -0.4 is 0 Å². The zero-order valence-corrected chi connectivity index (χ0v) is 14.7. The van der Waals surface area contributed by atoms with Gasteiger partial charge in [-0.2, -0.15) is 0 Å². The second-order valence-corrected chi connectivity index (χ2v) is 7.01. The van der Waals surface area contributed by atoms with Crippen molar-refractivity contribution in [3.05, 3.63) is 36.0 Å². The fourth-order valence-electron chi connectivity index (χ4n) is 3.77. The molecule has 3 nitrogen and oxygen atoms in total. The molecule has 23 heavy (non-hydrogen) atoms. The van der Waals surface area contributed by atoms with Gasteiger partial charge in [0.2, 0.25) is 0 Å². The third-order valence-corrected chi connectivity index (χ3v) is 5.71. The van der Waals surface area contributed by atoms with E-state index in [0.29, 0.717) is 30.5 Å². The van der Waals surface area contributed by atoms with E-state index in [1.807, 2.05) is 0 Å². The quantitative estimate of drug-likeness (QED) is 0.862. The molecular weight excluding hydrogens is 286 g/mol. The molecular formula is C20H29NO2. The molecule has 5 atom stereocenters. The van der Waals surface area contributed by atoms with Crippen LogP contribution in [0, 0.1) is 17.8 Å². The summed E-state index contributed by atoms with van der Waals surface area (Å²) >= 11 is 0. The molecule has 3 rings (SSSR count). The van der Waals surface area contributed by atoms with E-state index in [1.165, 1.54) is 16.5 Å². The Morgan fingerprint density at radius 3 is 2.65 bits per heavy atom. The number of benzene rings is 1. The molecule has 0 spiro atoms. The Labute approximate surface area is 139 Å². The van der Waals surface area contributed by atoms with Crippen molar-refractivity contribution in [2.45, 2.75) is 52.9 Å². The number of para-hydroxylation sites is 1. The summed E-state index contributed by atoms with van der Waals surface area (Å²) in [5.41, 5.74) is 2.51. The monoisotopic (exact) mass is 315 g/mol. The molecule has 1 aliphatic rings. The number of nitrogens with one attached hydrogen (secondary N) is 1. The van der Waals surface area contributed by atoms with E-state index in [-0.39, 0.29) is 6.29 Å². The Morgan fingerprint density at radius 1 is 1.09 bits per heavy atom. The molecule has 0 aliphatic carbocycles. The molecule has 3 heteroatoms. The summed E-state index contributed by atoms with van der Waals surface area (Å²) in [7, 11) is 0. The van der Waals surface area contributed by atoms with E-state index in [2.05, 4.69) is 63.1 Å². The first-order valence-electron chi connectivity index (χ1n) is 8.93. The Morgan fingerprint density at radius 2 is 1.87 bits per heavy atom. The van der Waals surface area contributed by atoms with Crippen LogP contribution in [-0.4, -0.2) is 24.0 Å². The van der Waals surface area contributed by atoms with Gasteiger partial charge >= 0.3 is 0 Å². The van der Waals surface area contributed by atoms with Crippen molar-refractivity contribution in [1.29, 1.82) is 0 Å². The minimum absolute atomic E-state index is 0.0728. The maximum Gasteiger partial charge on any atom is 0.160 e. The number of hydrogen-bond acceptors (Lipinski definition) is 2. The van der Waals surface area contributed by atoms with Crippen LogP contribution in [0.3, 0.4) is 0 Å². The molecule has 1 aromatic carbocycles. The van der Waals surface area contributed by atoms with Crippen molar-refractivity contribution >= 4 is 10.9 Å². The van der Waals surface area contributed by atoms with Gasteiger partial charge in [-0.3, -0.25) is 0 Å². The van der Waals surface area contributed by atoms with Crippen molar-refractivity contribution in [3.8, 4) is 0 Å². The van der Waals surface area contributed by atoms with Gasteiger partial charge in [0.1, 0.15) is 0 Å². The van der Waals surface area contributed by atoms with Crippen LogP contribution in [0.2, 0.25) is 0 Å². The lowest BCUT2D eigenvalue weighted by molar-refractivity contribution is -0.247. The Hall–Kier alpha value is -1.32. The maximum atomic E-state index is 6.21. The maximum absolute atomic E-state index is 6.21. The van der Waals surface area contributed by atoms with E-state index >= 15 is 0 Å². The van der Waals surface area contributed by atoms with Crippen molar-refractivity contribution in [2.24, 2.45) is 17.8 Å². The molecule has 126 valence electrons. The molecule has 1 saturated heterocycles. The smallest absolute Gasteiger partial charge is 0.160 e. The number of rotatable bonds is 5. The largest absolute Gasteiger partial charge is 0.361 e. The lowest BCUT2D eigenvalue weighted by atomic mass is 9.78. The highest BCUT2D eigenvalue weighted by atomic mass is 16.7. The van der Waals surface area contributed by atoms with Crippen LogP contribution in [0.1, 0.15) is 39.7 Å². The van der Waals surface area contributed by atoms with Gasteiger partial charge in [-0.1, -0.05) is 45.9 Å². The Balaban J connectivity index is 1.59. The predicted octanol–water partition coefficient (Wildman–Crippen LogP) is 4.77. The van der Waals surface area contributed by atoms with Crippen LogP contribution >= 0.6 is 0 Å². The first-order chi connectivity index (χ1) is 11.1. The van der Waals surface area contributed by atoms with Crippen molar-refractivity contribution in [3.63, 3.8) is 0 Å². The predicted molar refractivity (Wildman–Crippen MR) is 94.4 cm³/mol. The molecule has 0 radical (unpaired) electrons. The molecule has 2 heterocycles. The molecule has 2 aromatic rings. The summed E-state index contributed by atoms with van der Waals surface area (Å²) in [4.78, 5) is 3.33. The van der Waals surface area contributed by atoms with Gasteiger partial charge in [0, 0.05) is 23.0 Å². The molecule has 0 unspecified atom stereocenters. The van der Waals surface area contributed by atoms with Crippen molar-refractivity contribution in [2.75, 3.05) is 6.61 Å². The Bertz CT molecular complexity index is 633. The normalized spacial score (nSPS) is 31.6. The van der Waals surface area contributed by atoms with E-state index in [9.17, 15) is 0 Å². The van der Waals surface area contributed by atoms with Gasteiger partial charge in [0.25, 0.3) is 0 Å². The summed E-state index contributed by atoms with van der Waals surface area (Å²) in [5, 5.41) is 1.29. The SMILES string of the molecule is CC[C@H]1O[C@@H](OCCc2c[nH]c3ccccc23)[C@H](C)[C@@H](C)[C@@H]1C. The van der Waals surface area contributed by atoms with Crippen LogP contribution in [-0.2, 0) is 15.9 Å². The topological polar surface area (TPSA) is 34.2 Å². The molecule has 1 N–H and O–H groups in total. The van der Waals surface area contributed by atoms with Gasteiger partial charge in [0.05, 0.1) is 12.7 Å². The van der Waals surface area contributed by atoms with E-state index in [1.54, 1.807) is 0 Å². The minimum atomic E-state index is -0.0728. The van der Waals surface area contributed by atoms with Gasteiger partial charge < -0.3 is 14.5 Å². The van der Waals surface area contributed by atoms with Gasteiger partial charge in [-0.15, -0.1) is 0 Å². The average Bonchev–Trinajstić information content (AvgIpc) is 2.98. The number of ether oxygens (including phenoxy) is 2. The number of aromatic nitrogens is 1. The number of fused-ring (bicyclic) bond motifs is 1. The van der Waals surface area contributed by atoms with Crippen LogP contribution in [0.25, 0.3) is 10.9 Å². The van der Waals surface area contributed by atoms with Crippen LogP contribution in [0.5, 0.6) is 0 Å². The highest BCUT2D eigenvalue weighted by Crippen LogP contribution is 2.36. The summed E-state index contributed by atoms with van der Waals surface area (Å²) < 4.78 is 12.3. The lowest BCUT2D eigenvalue weighted by Gasteiger charge is -2.43. The van der Waals surface area contributed by atoms with Gasteiger partial charge in [-0.25, -0.2) is 0 Å². The lowest BCUT2D eigenvalue weighted by Crippen LogP contribution is -2.45. The fraction of sp³-hybridized carbons (Fsp3) is 0.600. The van der Waals surface area contributed by atoms with Gasteiger partial charge in [-0.05, 0) is 36.3 Å². The van der Waals surface area contributed by atoms with Crippen LogP contribution in [0.15, 0.2) is 30.5 Å². The number of hydrogen-bond donors (Lipinski definition) is 1. The molecule has 1 aromatic heterocycles. The Kier molecular flexibility index (Phi) is 5.08. The van der Waals surface area contributed by atoms with E-state index in [4.69, 9.17) is 9.47 Å². The first-order valence-corrected chi connectivity index (χ1v) is 8.93. The average molecular weight is 315 g/mol. The van der Waals surface area contributed by atoms with Gasteiger partial charge in [0.15, 0.2) is 6.29 Å². The summed E-state index contributed by atoms with van der Waals surface area (Å²) in [6, 6.07) is 8.42. The highest BCUT2D eigenvalue weighted by molar-refractivity contribution is 5.82. The van der Waals surface area contributed by atoms with Crippen molar-refractivity contribution < 1.29 is 9.47 Å². The molecule has 0 bridgehead atoms. The molecule has 1 aliphatic heterocycles. The highest BCUT2D eigenvalue weighted by Gasteiger charge is 2.38. The van der Waals surface area contributed by atoms with Crippen LogP contribution in [0.4, 0.5) is 0 Å². The summed E-state index contributed by atoms with van der Waals surface area (Å²) in [6.07, 6.45) is 4.31. The second kappa shape index (κ2) is 7.06. The molecule has 1 fully saturated rings. The standard InChI is InChI=1S/C20H29NO2/c1-5-19-14(3)13(2)15(4)20(23-19)22-11-10-16-12-21-18-9-7-6-8-17(16)18/h6-9,12-15,19-21H,5,10-11H2,1-4H3/t13-,14-,15+,19+,20+/m0/s1. The third kappa shape index (κ3) is 3.31. The fourth-order valence-corrected chi connectivity index (χ4v) is 3.77. The second-order valence-electron chi connectivity index (χ2n) is 7.01. The summed E-state index contributed by atoms with van der Waals surface area (Å²) in [6.45, 7) is 9.79. The minimum Gasteiger partial charge on any atom is -0.361 e. The molecule has 0 amide bonds. The van der Waals surface area contributed by atoms with Crippen molar-refractivity contribution in [1.82, 2.24) is 4.98 Å². The van der Waals surface area contributed by atoms with E-state index in [0.717, 1.165) is 12.8 Å². The summed E-state index contributed by atoms with van der Waals surface area (Å²) in [5.74, 6) is 1.67. The van der Waals surface area contributed by atoms with E-state index < -0.39 is 0 Å². The zero-order chi connectivity index (χ0) is 16.4. The third-order valence-electron chi connectivity index (χ3n) is 5.71. The number of H-pyrrole nitrogens is 1. The molecule has 0 saturated carbocycles. The number of aromatic amines is 1.